The average molecular weight is 157 g/mol. The molecule has 0 aliphatic rings. The SMILES string of the molecule is CC(C)N(C)C(C)C(C)(C)C. The standard InChI is InChI=1S/C10H23N/c1-8(2)11(7)9(3)10(4,5)6/h8-9H,1-7H3. The van der Waals surface area contributed by atoms with Gasteiger partial charge in [0, 0.05) is 12.1 Å². The predicted octanol–water partition coefficient (Wildman–Crippen LogP) is 2.76. The predicted molar refractivity (Wildman–Crippen MR) is 51.8 cm³/mol. The number of rotatable bonds is 2. The van der Waals surface area contributed by atoms with Crippen molar-refractivity contribution in [3.8, 4) is 0 Å². The highest BCUT2D eigenvalue weighted by atomic mass is 15.2. The molecule has 0 aromatic rings. The Morgan fingerprint density at radius 2 is 1.36 bits per heavy atom. The van der Waals surface area contributed by atoms with E-state index in [0.717, 1.165) is 0 Å². The largest absolute Gasteiger partial charge is 0.301 e. The third-order valence-electron chi connectivity index (χ3n) is 2.68. The van der Waals surface area contributed by atoms with Gasteiger partial charge < -0.3 is 4.90 Å². The second kappa shape index (κ2) is 3.57. The highest BCUT2D eigenvalue weighted by molar-refractivity contribution is 4.78. The number of nitrogens with zero attached hydrogens (tertiary/aromatic N) is 1. The first kappa shape index (κ1) is 11.0. The fraction of sp³-hybridized carbons (Fsp3) is 1.00. The van der Waals surface area contributed by atoms with Crippen molar-refractivity contribution in [1.82, 2.24) is 4.90 Å². The van der Waals surface area contributed by atoms with Gasteiger partial charge in [-0.25, -0.2) is 0 Å². The van der Waals surface area contributed by atoms with E-state index in [2.05, 4.69) is 53.5 Å². The van der Waals surface area contributed by atoms with Gasteiger partial charge in [0.05, 0.1) is 0 Å². The van der Waals surface area contributed by atoms with Crippen molar-refractivity contribution < 1.29 is 0 Å². The Kier molecular flexibility index (Phi) is 3.56. The van der Waals surface area contributed by atoms with Crippen LogP contribution in [0.15, 0.2) is 0 Å². The molecule has 0 radical (unpaired) electrons. The molecule has 0 rings (SSSR count). The van der Waals surface area contributed by atoms with Crippen LogP contribution in [0, 0.1) is 5.41 Å². The van der Waals surface area contributed by atoms with Gasteiger partial charge in [0.15, 0.2) is 0 Å². The molecule has 0 aromatic carbocycles. The fourth-order valence-electron chi connectivity index (χ4n) is 1.06. The first-order valence-electron chi connectivity index (χ1n) is 4.48. The highest BCUT2D eigenvalue weighted by Gasteiger charge is 2.24. The molecule has 1 unspecified atom stereocenters. The van der Waals surface area contributed by atoms with Gasteiger partial charge in [-0.2, -0.15) is 0 Å². The van der Waals surface area contributed by atoms with Crippen LogP contribution in [-0.4, -0.2) is 24.0 Å². The van der Waals surface area contributed by atoms with Crippen LogP contribution in [0.2, 0.25) is 0 Å². The lowest BCUT2D eigenvalue weighted by atomic mass is 9.86. The second-order valence-electron chi connectivity index (χ2n) is 4.80. The minimum atomic E-state index is 0.388. The molecule has 1 atom stereocenters. The molecule has 0 saturated heterocycles. The lowest BCUT2D eigenvalue weighted by Gasteiger charge is -2.37. The van der Waals surface area contributed by atoms with Crippen LogP contribution < -0.4 is 0 Å². The van der Waals surface area contributed by atoms with Crippen molar-refractivity contribution in [3.05, 3.63) is 0 Å². The molecule has 0 heterocycles. The van der Waals surface area contributed by atoms with Crippen molar-refractivity contribution in [2.75, 3.05) is 7.05 Å². The summed E-state index contributed by atoms with van der Waals surface area (Å²) >= 11 is 0. The van der Waals surface area contributed by atoms with Crippen LogP contribution in [0.4, 0.5) is 0 Å². The Hall–Kier alpha value is -0.0400. The van der Waals surface area contributed by atoms with Gasteiger partial charge in [-0.05, 0) is 33.2 Å². The van der Waals surface area contributed by atoms with E-state index >= 15 is 0 Å². The molecule has 68 valence electrons. The quantitative estimate of drug-likeness (QED) is 0.596. The molecule has 0 spiro atoms. The average Bonchev–Trinajstić information content (AvgIpc) is 1.82. The van der Waals surface area contributed by atoms with Gasteiger partial charge in [-0.1, -0.05) is 20.8 Å². The molecule has 0 aromatic heterocycles. The van der Waals surface area contributed by atoms with Crippen molar-refractivity contribution in [2.45, 2.75) is 53.6 Å². The van der Waals surface area contributed by atoms with Crippen LogP contribution in [0.1, 0.15) is 41.5 Å². The zero-order valence-electron chi connectivity index (χ0n) is 9.10. The van der Waals surface area contributed by atoms with E-state index in [1.54, 1.807) is 0 Å². The molecule has 0 amide bonds. The molecule has 0 bridgehead atoms. The van der Waals surface area contributed by atoms with E-state index in [9.17, 15) is 0 Å². The molecule has 0 fully saturated rings. The maximum Gasteiger partial charge on any atom is 0.0115 e. The van der Waals surface area contributed by atoms with Crippen LogP contribution >= 0.6 is 0 Å². The second-order valence-corrected chi connectivity index (χ2v) is 4.80. The summed E-state index contributed by atoms with van der Waals surface area (Å²) in [6, 6.07) is 1.28. The zero-order chi connectivity index (χ0) is 9.23. The Morgan fingerprint density at radius 3 is 1.45 bits per heavy atom. The summed E-state index contributed by atoms with van der Waals surface area (Å²) in [5.41, 5.74) is 0.388. The van der Waals surface area contributed by atoms with Crippen molar-refractivity contribution in [1.29, 1.82) is 0 Å². The molecule has 0 N–H and O–H groups in total. The molecule has 1 heteroatoms. The summed E-state index contributed by atoms with van der Waals surface area (Å²) in [5, 5.41) is 0. The van der Waals surface area contributed by atoms with E-state index in [-0.39, 0.29) is 0 Å². The minimum absolute atomic E-state index is 0.388. The third-order valence-corrected chi connectivity index (χ3v) is 2.68. The van der Waals surface area contributed by atoms with Gasteiger partial charge in [0.25, 0.3) is 0 Å². The summed E-state index contributed by atoms with van der Waals surface area (Å²) in [7, 11) is 2.20. The Morgan fingerprint density at radius 1 is 1.00 bits per heavy atom. The lowest BCUT2D eigenvalue weighted by Crippen LogP contribution is -2.42. The number of hydrogen-bond donors (Lipinski definition) is 0. The van der Waals surface area contributed by atoms with E-state index in [1.165, 1.54) is 0 Å². The summed E-state index contributed by atoms with van der Waals surface area (Å²) in [6.45, 7) is 13.6. The minimum Gasteiger partial charge on any atom is -0.301 e. The monoisotopic (exact) mass is 157 g/mol. The number of hydrogen-bond acceptors (Lipinski definition) is 1. The van der Waals surface area contributed by atoms with Crippen LogP contribution in [0.3, 0.4) is 0 Å². The maximum absolute atomic E-state index is 2.42. The maximum atomic E-state index is 2.42. The first-order valence-corrected chi connectivity index (χ1v) is 4.48. The topological polar surface area (TPSA) is 3.24 Å². The van der Waals surface area contributed by atoms with Crippen LogP contribution in [0.25, 0.3) is 0 Å². The van der Waals surface area contributed by atoms with Gasteiger partial charge in [0.2, 0.25) is 0 Å². The van der Waals surface area contributed by atoms with Crippen LogP contribution in [0.5, 0.6) is 0 Å². The fourth-order valence-corrected chi connectivity index (χ4v) is 1.06. The Labute approximate surface area is 71.8 Å². The van der Waals surface area contributed by atoms with E-state index < -0.39 is 0 Å². The van der Waals surface area contributed by atoms with Gasteiger partial charge in [-0.3, -0.25) is 0 Å². The molecule has 11 heavy (non-hydrogen) atoms. The van der Waals surface area contributed by atoms with Crippen molar-refractivity contribution >= 4 is 0 Å². The van der Waals surface area contributed by atoms with Gasteiger partial charge >= 0.3 is 0 Å². The molecule has 0 aliphatic carbocycles. The van der Waals surface area contributed by atoms with Crippen molar-refractivity contribution in [2.24, 2.45) is 5.41 Å². The lowest BCUT2D eigenvalue weighted by molar-refractivity contribution is 0.112. The van der Waals surface area contributed by atoms with Crippen LogP contribution in [-0.2, 0) is 0 Å². The smallest absolute Gasteiger partial charge is 0.0115 e. The molecular weight excluding hydrogens is 134 g/mol. The third kappa shape index (κ3) is 3.24. The first-order chi connectivity index (χ1) is 4.76. The van der Waals surface area contributed by atoms with Gasteiger partial charge in [0.1, 0.15) is 0 Å². The van der Waals surface area contributed by atoms with Crippen molar-refractivity contribution in [3.63, 3.8) is 0 Å². The summed E-state index contributed by atoms with van der Waals surface area (Å²) in [5.74, 6) is 0. The summed E-state index contributed by atoms with van der Waals surface area (Å²) in [6.07, 6.45) is 0. The Balaban J connectivity index is 4.13. The summed E-state index contributed by atoms with van der Waals surface area (Å²) < 4.78 is 0. The highest BCUT2D eigenvalue weighted by Crippen LogP contribution is 2.23. The summed E-state index contributed by atoms with van der Waals surface area (Å²) in [4.78, 5) is 2.42. The molecular formula is C10H23N. The van der Waals surface area contributed by atoms with E-state index in [0.29, 0.717) is 17.5 Å². The molecule has 0 aliphatic heterocycles. The Bertz CT molecular complexity index is 111. The van der Waals surface area contributed by atoms with E-state index in [4.69, 9.17) is 0 Å². The van der Waals surface area contributed by atoms with Gasteiger partial charge in [-0.15, -0.1) is 0 Å². The molecule has 1 nitrogen and oxygen atoms in total. The molecule has 0 saturated carbocycles. The normalized spacial score (nSPS) is 16.1. The zero-order valence-corrected chi connectivity index (χ0v) is 9.10. The van der Waals surface area contributed by atoms with E-state index in [1.807, 2.05) is 0 Å².